The first-order valence-electron chi connectivity index (χ1n) is 8.72. The molecule has 25 heavy (non-hydrogen) atoms. The number of hydrogen-bond acceptors (Lipinski definition) is 3. The van der Waals surface area contributed by atoms with Gasteiger partial charge in [0.15, 0.2) is 0 Å². The molecule has 1 fully saturated rings. The number of benzene rings is 2. The molecule has 0 spiro atoms. The van der Waals surface area contributed by atoms with Crippen molar-refractivity contribution in [1.29, 1.82) is 0 Å². The van der Waals surface area contributed by atoms with Crippen LogP contribution in [0, 0.1) is 5.92 Å². The van der Waals surface area contributed by atoms with E-state index in [9.17, 15) is 13.2 Å². The van der Waals surface area contributed by atoms with E-state index in [2.05, 4.69) is 11.6 Å². The molecule has 3 rings (SSSR count). The average Bonchev–Trinajstić information content (AvgIpc) is 2.61. The summed E-state index contributed by atoms with van der Waals surface area (Å²) in [4.78, 5) is 14.3. The largest absolute Gasteiger partial charge is 0.343 e. The average molecular weight is 360 g/mol. The van der Waals surface area contributed by atoms with Gasteiger partial charge in [-0.15, -0.1) is 0 Å². The fourth-order valence-corrected chi connectivity index (χ4v) is 4.19. The van der Waals surface area contributed by atoms with Crippen LogP contribution in [0.15, 0.2) is 47.4 Å². The lowest BCUT2D eigenvalue weighted by atomic mass is 9.99. The molecule has 6 heteroatoms. The number of nitrogens with one attached hydrogen (secondary N) is 1. The Balaban J connectivity index is 1.58. The van der Waals surface area contributed by atoms with Crippen LogP contribution in [0.4, 0.5) is 0 Å². The van der Waals surface area contributed by atoms with Gasteiger partial charge in [0.25, 0.3) is 0 Å². The molecule has 2 aromatic carbocycles. The third-order valence-corrected chi connectivity index (χ3v) is 6.26. The molecule has 0 unspecified atom stereocenters. The van der Waals surface area contributed by atoms with Crippen LogP contribution in [0.2, 0.25) is 0 Å². The topological polar surface area (TPSA) is 66.5 Å². The summed E-state index contributed by atoms with van der Waals surface area (Å²) in [7, 11) is -3.61. The number of nitrogens with zero attached hydrogens (tertiary/aromatic N) is 1. The minimum absolute atomic E-state index is 0.0214. The van der Waals surface area contributed by atoms with Gasteiger partial charge < -0.3 is 4.90 Å². The zero-order chi connectivity index (χ0) is 17.9. The number of amides is 1. The molecule has 1 aliphatic rings. The Hall–Kier alpha value is -1.92. The zero-order valence-corrected chi connectivity index (χ0v) is 15.3. The summed E-state index contributed by atoms with van der Waals surface area (Å²) >= 11 is 0. The van der Waals surface area contributed by atoms with Gasteiger partial charge >= 0.3 is 0 Å². The van der Waals surface area contributed by atoms with Crippen LogP contribution in [0.3, 0.4) is 0 Å². The zero-order valence-electron chi connectivity index (χ0n) is 14.4. The van der Waals surface area contributed by atoms with Crippen LogP contribution >= 0.6 is 0 Å². The smallest absolute Gasteiger partial charge is 0.240 e. The highest BCUT2D eigenvalue weighted by molar-refractivity contribution is 7.89. The van der Waals surface area contributed by atoms with Crippen LogP contribution in [0.25, 0.3) is 10.8 Å². The molecule has 1 aliphatic heterocycles. The third-order valence-electron chi connectivity index (χ3n) is 4.80. The molecule has 1 N–H and O–H groups in total. The van der Waals surface area contributed by atoms with Gasteiger partial charge in [-0.05, 0) is 41.7 Å². The van der Waals surface area contributed by atoms with E-state index in [4.69, 9.17) is 0 Å². The van der Waals surface area contributed by atoms with Gasteiger partial charge in [0.1, 0.15) is 0 Å². The minimum atomic E-state index is -3.61. The second-order valence-corrected chi connectivity index (χ2v) is 8.49. The highest BCUT2D eigenvalue weighted by Gasteiger charge is 2.21. The first kappa shape index (κ1) is 17.9. The number of piperidine rings is 1. The lowest BCUT2D eigenvalue weighted by molar-refractivity contribution is -0.132. The van der Waals surface area contributed by atoms with Gasteiger partial charge in [-0.3, -0.25) is 4.79 Å². The molecule has 1 heterocycles. The monoisotopic (exact) mass is 360 g/mol. The predicted molar refractivity (Wildman–Crippen MR) is 98.7 cm³/mol. The van der Waals surface area contributed by atoms with Gasteiger partial charge in [-0.2, -0.15) is 0 Å². The standard InChI is InChI=1S/C19H24N2O3S/c1-15-9-12-21(13-10-15)19(22)8-11-20-25(23,24)18-7-6-16-4-2-3-5-17(16)14-18/h2-7,14-15,20H,8-13H2,1H3. The second kappa shape index (κ2) is 7.54. The normalized spacial score (nSPS) is 16.3. The number of carbonyl (C=O) groups is 1. The SMILES string of the molecule is CC1CCN(C(=O)CCNS(=O)(=O)c2ccc3ccccc3c2)CC1. The van der Waals surface area contributed by atoms with Gasteiger partial charge in [-0.25, -0.2) is 13.1 Å². The lowest BCUT2D eigenvalue weighted by Gasteiger charge is -2.30. The molecule has 0 radical (unpaired) electrons. The van der Waals surface area contributed by atoms with Gasteiger partial charge in [0.2, 0.25) is 15.9 Å². The van der Waals surface area contributed by atoms with Crippen molar-refractivity contribution in [3.8, 4) is 0 Å². The minimum Gasteiger partial charge on any atom is -0.343 e. The predicted octanol–water partition coefficient (Wildman–Crippen LogP) is 2.77. The molecular weight excluding hydrogens is 336 g/mol. The fraction of sp³-hybridized carbons (Fsp3) is 0.421. The van der Waals surface area contributed by atoms with E-state index in [1.807, 2.05) is 29.2 Å². The maximum Gasteiger partial charge on any atom is 0.240 e. The van der Waals surface area contributed by atoms with Crippen LogP contribution < -0.4 is 4.72 Å². The molecule has 5 nitrogen and oxygen atoms in total. The van der Waals surface area contributed by atoms with Crippen molar-refractivity contribution in [2.75, 3.05) is 19.6 Å². The highest BCUT2D eigenvalue weighted by Crippen LogP contribution is 2.19. The first-order chi connectivity index (χ1) is 12.0. The van der Waals surface area contributed by atoms with Crippen molar-refractivity contribution in [2.24, 2.45) is 5.92 Å². The summed E-state index contributed by atoms with van der Waals surface area (Å²) in [6.07, 6.45) is 2.24. The Labute approximate surface area is 149 Å². The van der Waals surface area contributed by atoms with Gasteiger partial charge in [-0.1, -0.05) is 37.3 Å². The maximum atomic E-state index is 12.4. The molecule has 1 saturated heterocycles. The number of sulfonamides is 1. The second-order valence-electron chi connectivity index (χ2n) is 6.72. The quantitative estimate of drug-likeness (QED) is 0.892. The Morgan fingerprint density at radius 1 is 1.12 bits per heavy atom. The van der Waals surface area contributed by atoms with Crippen molar-refractivity contribution in [3.63, 3.8) is 0 Å². The highest BCUT2D eigenvalue weighted by atomic mass is 32.2. The summed E-state index contributed by atoms with van der Waals surface area (Å²) in [5.41, 5.74) is 0. The fourth-order valence-electron chi connectivity index (χ4n) is 3.13. The van der Waals surface area contributed by atoms with Crippen molar-refractivity contribution >= 4 is 26.7 Å². The van der Waals surface area contributed by atoms with E-state index < -0.39 is 10.0 Å². The Morgan fingerprint density at radius 2 is 1.80 bits per heavy atom. The van der Waals surface area contributed by atoms with Crippen LogP contribution in [-0.4, -0.2) is 38.9 Å². The van der Waals surface area contributed by atoms with Crippen LogP contribution in [-0.2, 0) is 14.8 Å². The summed E-state index contributed by atoms with van der Waals surface area (Å²) in [6.45, 7) is 3.87. The molecule has 0 atom stereocenters. The molecule has 1 amide bonds. The third kappa shape index (κ3) is 4.38. The Bertz CT molecular complexity index is 856. The van der Waals surface area contributed by atoms with Gasteiger partial charge in [0, 0.05) is 26.1 Å². The number of likely N-dealkylation sites (tertiary alicyclic amines) is 1. The molecule has 2 aromatic rings. The number of fused-ring (bicyclic) bond motifs is 1. The molecular formula is C19H24N2O3S. The van der Waals surface area contributed by atoms with E-state index in [0.717, 1.165) is 36.7 Å². The molecule has 0 saturated carbocycles. The molecule has 0 bridgehead atoms. The van der Waals surface area contributed by atoms with Crippen LogP contribution in [0.1, 0.15) is 26.2 Å². The summed E-state index contributed by atoms with van der Waals surface area (Å²) in [5.74, 6) is 0.684. The van der Waals surface area contributed by atoms with E-state index in [0.29, 0.717) is 5.92 Å². The van der Waals surface area contributed by atoms with Crippen molar-refractivity contribution in [2.45, 2.75) is 31.1 Å². The Morgan fingerprint density at radius 3 is 2.52 bits per heavy atom. The summed E-state index contributed by atoms with van der Waals surface area (Å²) in [6, 6.07) is 12.7. The van der Waals surface area contributed by atoms with Crippen molar-refractivity contribution in [3.05, 3.63) is 42.5 Å². The number of carbonyl (C=O) groups excluding carboxylic acids is 1. The van der Waals surface area contributed by atoms with Gasteiger partial charge in [0.05, 0.1) is 4.90 Å². The van der Waals surface area contributed by atoms with Crippen LogP contribution in [0.5, 0.6) is 0 Å². The summed E-state index contributed by atoms with van der Waals surface area (Å²) < 4.78 is 27.4. The summed E-state index contributed by atoms with van der Waals surface area (Å²) in [5, 5.41) is 1.87. The van der Waals surface area contributed by atoms with E-state index in [-0.39, 0.29) is 23.8 Å². The molecule has 134 valence electrons. The molecule has 0 aliphatic carbocycles. The van der Waals surface area contributed by atoms with Crippen molar-refractivity contribution < 1.29 is 13.2 Å². The Kier molecular flexibility index (Phi) is 5.39. The van der Waals surface area contributed by atoms with Crippen molar-refractivity contribution in [1.82, 2.24) is 9.62 Å². The number of rotatable bonds is 5. The first-order valence-corrected chi connectivity index (χ1v) is 10.2. The lowest BCUT2D eigenvalue weighted by Crippen LogP contribution is -2.39. The van der Waals surface area contributed by atoms with E-state index >= 15 is 0 Å². The van der Waals surface area contributed by atoms with E-state index in [1.165, 1.54) is 0 Å². The van der Waals surface area contributed by atoms with E-state index in [1.54, 1.807) is 18.2 Å². The molecule has 0 aromatic heterocycles. The maximum absolute atomic E-state index is 12.4. The number of hydrogen-bond donors (Lipinski definition) is 1.